The minimum absolute atomic E-state index is 0.00517. The number of aryl methyl sites for hydroxylation is 1. The minimum Gasteiger partial charge on any atom is -0.325 e. The molecule has 0 aliphatic carbocycles. The van der Waals surface area contributed by atoms with E-state index < -0.39 is 0 Å². The molecule has 1 N–H and O–H groups in total. The fourth-order valence-electron chi connectivity index (χ4n) is 3.17. The molecule has 0 unspecified atom stereocenters. The number of urea groups is 1. The fourth-order valence-corrected chi connectivity index (χ4v) is 3.17. The van der Waals surface area contributed by atoms with Gasteiger partial charge >= 0.3 is 6.03 Å². The number of nitrogens with one attached hydrogen (secondary N) is 1. The van der Waals surface area contributed by atoms with Crippen molar-refractivity contribution in [2.75, 3.05) is 32.5 Å². The number of carbonyl (C=O) groups excluding carboxylic acids is 1. The van der Waals surface area contributed by atoms with Gasteiger partial charge in [-0.3, -0.25) is 0 Å². The second-order valence-electron chi connectivity index (χ2n) is 8.29. The van der Waals surface area contributed by atoms with Gasteiger partial charge in [-0.15, -0.1) is 0 Å². The van der Waals surface area contributed by atoms with Crippen LogP contribution in [-0.2, 0) is 6.42 Å². The van der Waals surface area contributed by atoms with Crippen LogP contribution >= 0.6 is 0 Å². The number of hydrogen-bond donors (Lipinski definition) is 1. The predicted octanol–water partition coefficient (Wildman–Crippen LogP) is 4.61. The molecule has 1 aliphatic rings. The third kappa shape index (κ3) is 6.03. The van der Waals surface area contributed by atoms with E-state index in [2.05, 4.69) is 50.2 Å². The van der Waals surface area contributed by atoms with Gasteiger partial charge in [-0.25, -0.2) is 4.79 Å². The molecule has 0 radical (unpaired) electrons. The lowest BCUT2D eigenvalue weighted by molar-refractivity contribution is 0.156. The van der Waals surface area contributed by atoms with Crippen molar-refractivity contribution in [2.45, 2.75) is 58.9 Å². The lowest BCUT2D eigenvalue weighted by Crippen LogP contribution is -2.46. The Morgan fingerprint density at radius 2 is 1.84 bits per heavy atom. The topological polar surface area (TPSA) is 35.6 Å². The molecule has 1 aliphatic heterocycles. The quantitative estimate of drug-likeness (QED) is 0.817. The summed E-state index contributed by atoms with van der Waals surface area (Å²) in [5, 5.41) is 3.03. The maximum Gasteiger partial charge on any atom is 0.321 e. The molecule has 4 heteroatoms. The molecule has 2 amide bonds. The van der Waals surface area contributed by atoms with Crippen LogP contribution in [0, 0.1) is 5.41 Å². The molecule has 2 rings (SSSR count). The van der Waals surface area contributed by atoms with Gasteiger partial charge in [0.15, 0.2) is 0 Å². The van der Waals surface area contributed by atoms with Crippen LogP contribution in [0.15, 0.2) is 24.3 Å². The Morgan fingerprint density at radius 1 is 1.24 bits per heavy atom. The van der Waals surface area contributed by atoms with Crippen LogP contribution < -0.4 is 5.32 Å². The van der Waals surface area contributed by atoms with E-state index in [-0.39, 0.29) is 6.03 Å². The van der Waals surface area contributed by atoms with Gasteiger partial charge in [-0.1, -0.05) is 39.3 Å². The molecule has 1 heterocycles. The summed E-state index contributed by atoms with van der Waals surface area (Å²) in [4.78, 5) is 16.7. The minimum atomic E-state index is -0.00517. The molecule has 0 aromatic heterocycles. The number of carbonyl (C=O) groups is 1. The Bertz CT molecular complexity index is 545. The highest BCUT2D eigenvalue weighted by molar-refractivity contribution is 5.89. The first-order chi connectivity index (χ1) is 11.8. The Kier molecular flexibility index (Phi) is 6.88. The largest absolute Gasteiger partial charge is 0.325 e. The number of likely N-dealkylation sites (tertiary alicyclic amines) is 1. The molecule has 25 heavy (non-hydrogen) atoms. The van der Waals surface area contributed by atoms with E-state index in [9.17, 15) is 4.79 Å². The van der Waals surface area contributed by atoms with Crippen molar-refractivity contribution >= 4 is 11.7 Å². The summed E-state index contributed by atoms with van der Waals surface area (Å²) in [6.45, 7) is 9.01. The lowest BCUT2D eigenvalue weighted by Gasteiger charge is -2.35. The summed E-state index contributed by atoms with van der Waals surface area (Å²) in [5.74, 6) is 0. The first-order valence-electron chi connectivity index (χ1n) is 9.62. The summed E-state index contributed by atoms with van der Waals surface area (Å²) in [5.41, 5.74) is 2.61. The normalized spacial score (nSPS) is 16.7. The van der Waals surface area contributed by atoms with Crippen molar-refractivity contribution in [2.24, 2.45) is 5.41 Å². The van der Waals surface area contributed by atoms with Crippen molar-refractivity contribution in [1.82, 2.24) is 9.80 Å². The van der Waals surface area contributed by atoms with Crippen LogP contribution in [0.5, 0.6) is 0 Å². The molecule has 140 valence electrons. The van der Waals surface area contributed by atoms with E-state index in [1.54, 1.807) is 0 Å². The number of amides is 2. The molecule has 1 fully saturated rings. The van der Waals surface area contributed by atoms with E-state index in [1.165, 1.54) is 18.4 Å². The van der Waals surface area contributed by atoms with Crippen LogP contribution in [0.25, 0.3) is 0 Å². The SMILES string of the molecule is CCC(C)(C)CCc1ccc(NC(=O)N(C)C2CCN(C)CC2)cc1. The van der Waals surface area contributed by atoms with E-state index in [1.807, 2.05) is 24.1 Å². The second kappa shape index (κ2) is 8.70. The summed E-state index contributed by atoms with van der Waals surface area (Å²) >= 11 is 0. The van der Waals surface area contributed by atoms with Gasteiger partial charge in [0.2, 0.25) is 0 Å². The van der Waals surface area contributed by atoms with Crippen molar-refractivity contribution in [3.63, 3.8) is 0 Å². The molecule has 1 saturated heterocycles. The smallest absolute Gasteiger partial charge is 0.321 e. The molecular weight excluding hydrogens is 310 g/mol. The van der Waals surface area contributed by atoms with Crippen LogP contribution in [-0.4, -0.2) is 49.1 Å². The Hall–Kier alpha value is -1.55. The third-order valence-corrected chi connectivity index (χ3v) is 5.81. The van der Waals surface area contributed by atoms with Crippen LogP contribution in [0.3, 0.4) is 0 Å². The zero-order valence-electron chi connectivity index (χ0n) is 16.6. The summed E-state index contributed by atoms with van der Waals surface area (Å²) in [7, 11) is 4.05. The fraction of sp³-hybridized carbons (Fsp3) is 0.667. The maximum absolute atomic E-state index is 12.5. The summed E-state index contributed by atoms with van der Waals surface area (Å²) in [6, 6.07) is 8.65. The van der Waals surface area contributed by atoms with Gasteiger partial charge in [0.1, 0.15) is 0 Å². The number of benzene rings is 1. The van der Waals surface area contributed by atoms with Gasteiger partial charge in [0.25, 0.3) is 0 Å². The van der Waals surface area contributed by atoms with Gasteiger partial charge < -0.3 is 15.1 Å². The van der Waals surface area contributed by atoms with Crippen molar-refractivity contribution in [3.05, 3.63) is 29.8 Å². The number of piperidine rings is 1. The first-order valence-corrected chi connectivity index (χ1v) is 9.62. The van der Waals surface area contributed by atoms with Gasteiger partial charge in [0, 0.05) is 18.8 Å². The molecule has 0 spiro atoms. The van der Waals surface area contributed by atoms with E-state index in [0.29, 0.717) is 11.5 Å². The van der Waals surface area contributed by atoms with Gasteiger partial charge in [0.05, 0.1) is 0 Å². The zero-order chi connectivity index (χ0) is 18.4. The molecule has 1 aromatic carbocycles. The Balaban J connectivity index is 1.84. The Morgan fingerprint density at radius 3 is 2.40 bits per heavy atom. The third-order valence-electron chi connectivity index (χ3n) is 5.81. The highest BCUT2D eigenvalue weighted by atomic mass is 16.2. The van der Waals surface area contributed by atoms with Crippen molar-refractivity contribution < 1.29 is 4.79 Å². The molecule has 0 bridgehead atoms. The van der Waals surface area contributed by atoms with Crippen LogP contribution in [0.4, 0.5) is 10.5 Å². The molecule has 0 atom stereocenters. The highest BCUT2D eigenvalue weighted by Gasteiger charge is 2.24. The molecule has 4 nitrogen and oxygen atoms in total. The van der Waals surface area contributed by atoms with Crippen molar-refractivity contribution in [3.8, 4) is 0 Å². The molecular formula is C21H35N3O. The monoisotopic (exact) mass is 345 g/mol. The lowest BCUT2D eigenvalue weighted by atomic mass is 9.84. The van der Waals surface area contributed by atoms with Gasteiger partial charge in [-0.2, -0.15) is 0 Å². The van der Waals surface area contributed by atoms with E-state index in [4.69, 9.17) is 0 Å². The predicted molar refractivity (Wildman–Crippen MR) is 106 cm³/mol. The standard InChI is InChI=1S/C21H35N3O/c1-6-21(2,3)14-11-17-7-9-18(10-8-17)22-20(25)24(5)19-12-15-23(4)16-13-19/h7-10,19H,6,11-16H2,1-5H3,(H,22,25). The maximum atomic E-state index is 12.5. The van der Waals surface area contributed by atoms with Crippen LogP contribution in [0.2, 0.25) is 0 Å². The van der Waals surface area contributed by atoms with Crippen molar-refractivity contribution in [1.29, 1.82) is 0 Å². The Labute approximate surface area is 153 Å². The average Bonchev–Trinajstić information content (AvgIpc) is 2.61. The number of nitrogens with zero attached hydrogens (tertiary/aromatic N) is 2. The molecule has 0 saturated carbocycles. The number of rotatable bonds is 6. The zero-order valence-corrected chi connectivity index (χ0v) is 16.6. The second-order valence-corrected chi connectivity index (χ2v) is 8.29. The number of anilines is 1. The average molecular weight is 346 g/mol. The summed E-state index contributed by atoms with van der Waals surface area (Å²) in [6.07, 6.45) is 5.57. The van der Waals surface area contributed by atoms with E-state index >= 15 is 0 Å². The highest BCUT2D eigenvalue weighted by Crippen LogP contribution is 2.26. The van der Waals surface area contributed by atoms with Gasteiger partial charge in [-0.05, 0) is 68.9 Å². The first kappa shape index (κ1) is 19.8. The summed E-state index contributed by atoms with van der Waals surface area (Å²) < 4.78 is 0. The number of hydrogen-bond acceptors (Lipinski definition) is 2. The van der Waals surface area contributed by atoms with E-state index in [0.717, 1.165) is 38.0 Å². The molecule has 1 aromatic rings. The van der Waals surface area contributed by atoms with Crippen LogP contribution in [0.1, 0.15) is 52.0 Å².